The maximum Gasteiger partial charge on any atom is 0.255 e. The molecule has 0 unspecified atom stereocenters. The second-order valence-corrected chi connectivity index (χ2v) is 9.48. The molecule has 0 aliphatic heterocycles. The smallest absolute Gasteiger partial charge is 0.255 e. The van der Waals surface area contributed by atoms with Crippen LogP contribution >= 0.6 is 0 Å². The number of hydrogen-bond acceptors (Lipinski definition) is 5. The molecule has 2 amide bonds. The molecule has 0 fully saturated rings. The zero-order valence-electron chi connectivity index (χ0n) is 19.5. The maximum atomic E-state index is 12.6. The lowest BCUT2D eigenvalue weighted by atomic mass is 10.1. The van der Waals surface area contributed by atoms with E-state index in [1.54, 1.807) is 24.3 Å². The van der Waals surface area contributed by atoms with Crippen LogP contribution in [0.5, 0.6) is 0 Å². The average Bonchev–Trinajstić information content (AvgIpc) is 2.85. The summed E-state index contributed by atoms with van der Waals surface area (Å²) in [6.45, 7) is 3.25. The second kappa shape index (κ2) is 12.8. The predicted octanol–water partition coefficient (Wildman–Crippen LogP) is 3.83. The first kappa shape index (κ1) is 26.1. The Balaban J connectivity index is 1.51. The molecule has 3 aromatic carbocycles. The maximum absolute atomic E-state index is 12.6. The number of sulfonamides is 1. The van der Waals surface area contributed by atoms with Crippen LogP contribution in [0, 0.1) is 0 Å². The molecule has 3 aromatic rings. The molecule has 184 valence electrons. The normalized spacial score (nSPS) is 11.1. The van der Waals surface area contributed by atoms with Crippen molar-refractivity contribution in [3.8, 4) is 0 Å². The SMILES string of the molecule is CCOCCCNS(=O)(=O)c1ccc(NC(=O)c2ccc(NC(=O)Cc3ccccc3)cc2)cc1. The third-order valence-corrected chi connectivity index (χ3v) is 6.50. The van der Waals surface area contributed by atoms with Crippen LogP contribution < -0.4 is 15.4 Å². The highest BCUT2D eigenvalue weighted by Crippen LogP contribution is 2.16. The first-order valence-electron chi connectivity index (χ1n) is 11.3. The summed E-state index contributed by atoms with van der Waals surface area (Å²) in [5, 5.41) is 5.55. The lowest BCUT2D eigenvalue weighted by molar-refractivity contribution is -0.115. The van der Waals surface area contributed by atoms with E-state index in [0.717, 1.165) is 5.56 Å². The van der Waals surface area contributed by atoms with Gasteiger partial charge in [-0.05, 0) is 67.4 Å². The van der Waals surface area contributed by atoms with Crippen LogP contribution in [0.2, 0.25) is 0 Å². The molecule has 35 heavy (non-hydrogen) atoms. The minimum atomic E-state index is -3.63. The number of hydrogen-bond donors (Lipinski definition) is 3. The van der Waals surface area contributed by atoms with Gasteiger partial charge in [-0.2, -0.15) is 0 Å². The number of anilines is 2. The van der Waals surface area contributed by atoms with Crippen molar-refractivity contribution in [2.24, 2.45) is 0 Å². The van der Waals surface area contributed by atoms with Crippen molar-refractivity contribution in [3.63, 3.8) is 0 Å². The van der Waals surface area contributed by atoms with Gasteiger partial charge in [0.05, 0.1) is 11.3 Å². The fourth-order valence-electron chi connectivity index (χ4n) is 3.22. The highest BCUT2D eigenvalue weighted by atomic mass is 32.2. The Morgan fingerprint density at radius 1 is 0.829 bits per heavy atom. The van der Waals surface area contributed by atoms with Crippen molar-refractivity contribution < 1.29 is 22.7 Å². The molecule has 0 radical (unpaired) electrons. The number of amides is 2. The van der Waals surface area contributed by atoms with Crippen molar-refractivity contribution in [2.45, 2.75) is 24.7 Å². The highest BCUT2D eigenvalue weighted by molar-refractivity contribution is 7.89. The molecular weight excluding hydrogens is 466 g/mol. The van der Waals surface area contributed by atoms with E-state index >= 15 is 0 Å². The van der Waals surface area contributed by atoms with E-state index in [1.807, 2.05) is 37.3 Å². The molecule has 0 aliphatic carbocycles. The molecule has 0 saturated heterocycles. The number of carbonyl (C=O) groups excluding carboxylic acids is 2. The Morgan fingerprint density at radius 2 is 1.46 bits per heavy atom. The quantitative estimate of drug-likeness (QED) is 0.331. The van der Waals surface area contributed by atoms with Crippen molar-refractivity contribution in [1.29, 1.82) is 0 Å². The Bertz CT molecular complexity index is 1210. The molecular formula is C26H29N3O5S. The van der Waals surface area contributed by atoms with E-state index in [9.17, 15) is 18.0 Å². The van der Waals surface area contributed by atoms with Crippen molar-refractivity contribution in [3.05, 3.63) is 90.0 Å². The van der Waals surface area contributed by atoms with Gasteiger partial charge in [0.1, 0.15) is 0 Å². The Hall–Kier alpha value is -3.53. The zero-order valence-corrected chi connectivity index (χ0v) is 20.3. The summed E-state index contributed by atoms with van der Waals surface area (Å²) in [6.07, 6.45) is 0.842. The van der Waals surface area contributed by atoms with Crippen LogP contribution in [0.1, 0.15) is 29.3 Å². The number of ether oxygens (including phenoxy) is 1. The Kier molecular flexibility index (Phi) is 9.54. The number of rotatable bonds is 12. The van der Waals surface area contributed by atoms with Crippen LogP contribution in [0.25, 0.3) is 0 Å². The minimum Gasteiger partial charge on any atom is -0.382 e. The van der Waals surface area contributed by atoms with E-state index in [0.29, 0.717) is 36.6 Å². The zero-order chi connectivity index (χ0) is 25.1. The molecule has 0 heterocycles. The molecule has 9 heteroatoms. The van der Waals surface area contributed by atoms with Crippen LogP contribution in [-0.4, -0.2) is 40.0 Å². The molecule has 0 spiro atoms. The molecule has 0 bridgehead atoms. The van der Waals surface area contributed by atoms with Gasteiger partial charge in [0, 0.05) is 36.7 Å². The number of carbonyl (C=O) groups is 2. The monoisotopic (exact) mass is 495 g/mol. The lowest BCUT2D eigenvalue weighted by Crippen LogP contribution is -2.25. The van der Waals surface area contributed by atoms with E-state index in [2.05, 4.69) is 15.4 Å². The van der Waals surface area contributed by atoms with Gasteiger partial charge in [0.15, 0.2) is 0 Å². The van der Waals surface area contributed by atoms with E-state index in [-0.39, 0.29) is 29.7 Å². The predicted molar refractivity (Wildman–Crippen MR) is 136 cm³/mol. The van der Waals surface area contributed by atoms with Crippen LogP contribution in [0.3, 0.4) is 0 Å². The standard InChI is InChI=1S/C26H29N3O5S/c1-2-34-18-6-17-27-35(32,33)24-15-13-23(14-16-24)29-26(31)21-9-11-22(12-10-21)28-25(30)19-20-7-4-3-5-8-20/h3-5,7-16,27H,2,6,17-19H2,1H3,(H,28,30)(H,29,31). The summed E-state index contributed by atoms with van der Waals surface area (Å²) in [6, 6.07) is 21.9. The lowest BCUT2D eigenvalue weighted by Gasteiger charge is -2.10. The average molecular weight is 496 g/mol. The largest absolute Gasteiger partial charge is 0.382 e. The summed E-state index contributed by atoms with van der Waals surface area (Å²) >= 11 is 0. The molecule has 0 aliphatic rings. The fraction of sp³-hybridized carbons (Fsp3) is 0.231. The molecule has 8 nitrogen and oxygen atoms in total. The molecule has 3 N–H and O–H groups in total. The number of nitrogens with one attached hydrogen (secondary N) is 3. The van der Waals surface area contributed by atoms with Gasteiger partial charge < -0.3 is 15.4 Å². The summed E-state index contributed by atoms with van der Waals surface area (Å²) < 4.78 is 32.4. The first-order valence-corrected chi connectivity index (χ1v) is 12.8. The van der Waals surface area contributed by atoms with Gasteiger partial charge in [-0.25, -0.2) is 13.1 Å². The van der Waals surface area contributed by atoms with E-state index in [4.69, 9.17) is 4.74 Å². The van der Waals surface area contributed by atoms with E-state index in [1.165, 1.54) is 24.3 Å². The summed E-state index contributed by atoms with van der Waals surface area (Å²) in [5.41, 5.74) is 2.37. The van der Waals surface area contributed by atoms with Crippen molar-refractivity contribution in [2.75, 3.05) is 30.4 Å². The van der Waals surface area contributed by atoms with Crippen molar-refractivity contribution >= 4 is 33.2 Å². The van der Waals surface area contributed by atoms with Gasteiger partial charge in [-0.1, -0.05) is 30.3 Å². The first-order chi connectivity index (χ1) is 16.9. The third kappa shape index (κ3) is 8.32. The van der Waals surface area contributed by atoms with Crippen LogP contribution in [-0.2, 0) is 26.0 Å². The van der Waals surface area contributed by atoms with Crippen LogP contribution in [0.15, 0.2) is 83.8 Å². The summed E-state index contributed by atoms with van der Waals surface area (Å²) in [7, 11) is -3.63. The van der Waals surface area contributed by atoms with Gasteiger partial charge in [-0.3, -0.25) is 9.59 Å². The van der Waals surface area contributed by atoms with Gasteiger partial charge in [0.25, 0.3) is 5.91 Å². The van der Waals surface area contributed by atoms with Gasteiger partial charge >= 0.3 is 0 Å². The third-order valence-electron chi connectivity index (χ3n) is 5.02. The van der Waals surface area contributed by atoms with Crippen LogP contribution in [0.4, 0.5) is 11.4 Å². The van der Waals surface area contributed by atoms with E-state index < -0.39 is 10.0 Å². The Morgan fingerprint density at radius 3 is 2.11 bits per heavy atom. The highest BCUT2D eigenvalue weighted by Gasteiger charge is 2.14. The number of benzene rings is 3. The topological polar surface area (TPSA) is 114 Å². The molecule has 3 rings (SSSR count). The summed E-state index contributed by atoms with van der Waals surface area (Å²) in [4.78, 5) is 24.9. The fourth-order valence-corrected chi connectivity index (χ4v) is 4.29. The van der Waals surface area contributed by atoms with Gasteiger partial charge in [-0.15, -0.1) is 0 Å². The minimum absolute atomic E-state index is 0.113. The van der Waals surface area contributed by atoms with Gasteiger partial charge in [0.2, 0.25) is 15.9 Å². The Labute approximate surface area is 205 Å². The molecule has 0 saturated carbocycles. The molecule has 0 aromatic heterocycles. The molecule has 0 atom stereocenters. The second-order valence-electron chi connectivity index (χ2n) is 7.71. The summed E-state index contributed by atoms with van der Waals surface area (Å²) in [5.74, 6) is -0.496. The van der Waals surface area contributed by atoms with Crippen molar-refractivity contribution in [1.82, 2.24) is 4.72 Å².